The first-order chi connectivity index (χ1) is 6.27. The SMILES string of the molecule is NC(=O)C1=CN=C2N=CC=CN2O1. The minimum Gasteiger partial charge on any atom is -0.365 e. The number of allylic oxidation sites excluding steroid dienone is 1. The Hall–Kier alpha value is -2.11. The first-order valence-corrected chi connectivity index (χ1v) is 3.53. The Labute approximate surface area is 73.7 Å². The van der Waals surface area contributed by atoms with Crippen molar-refractivity contribution in [2.24, 2.45) is 15.7 Å². The lowest BCUT2D eigenvalue weighted by Gasteiger charge is -2.23. The Balaban J connectivity index is 2.29. The molecule has 0 unspecified atom stereocenters. The van der Waals surface area contributed by atoms with Crippen LogP contribution in [-0.2, 0) is 9.63 Å². The van der Waals surface area contributed by atoms with E-state index in [9.17, 15) is 4.79 Å². The molecule has 0 bridgehead atoms. The second kappa shape index (κ2) is 2.74. The molecule has 0 aromatic carbocycles. The van der Waals surface area contributed by atoms with Gasteiger partial charge in [0.15, 0.2) is 0 Å². The Morgan fingerprint density at radius 2 is 2.46 bits per heavy atom. The maximum Gasteiger partial charge on any atom is 0.288 e. The molecule has 2 aliphatic heterocycles. The third-order valence-corrected chi connectivity index (χ3v) is 1.43. The van der Waals surface area contributed by atoms with E-state index >= 15 is 0 Å². The predicted molar refractivity (Wildman–Crippen MR) is 45.3 cm³/mol. The molecular formula is C7H6N4O2. The molecule has 0 radical (unpaired) electrons. The van der Waals surface area contributed by atoms with E-state index in [-0.39, 0.29) is 5.76 Å². The van der Waals surface area contributed by atoms with Gasteiger partial charge in [-0.05, 0) is 6.08 Å². The quantitative estimate of drug-likeness (QED) is 0.588. The molecule has 0 saturated heterocycles. The summed E-state index contributed by atoms with van der Waals surface area (Å²) in [6.45, 7) is 0. The number of aliphatic imine (C=N–C) groups is 2. The van der Waals surface area contributed by atoms with Gasteiger partial charge in [0.1, 0.15) is 0 Å². The number of hydrogen-bond acceptors (Lipinski definition) is 5. The molecule has 1 amide bonds. The van der Waals surface area contributed by atoms with Crippen LogP contribution in [0.2, 0.25) is 0 Å². The summed E-state index contributed by atoms with van der Waals surface area (Å²) < 4.78 is 0. The fraction of sp³-hybridized carbons (Fsp3) is 0. The van der Waals surface area contributed by atoms with Gasteiger partial charge in [-0.2, -0.15) is 0 Å². The molecule has 13 heavy (non-hydrogen) atoms. The van der Waals surface area contributed by atoms with Gasteiger partial charge >= 0.3 is 0 Å². The van der Waals surface area contributed by atoms with Crippen molar-refractivity contribution in [3.63, 3.8) is 0 Å². The fourth-order valence-corrected chi connectivity index (χ4v) is 0.866. The van der Waals surface area contributed by atoms with Crippen LogP contribution in [-0.4, -0.2) is 23.1 Å². The highest BCUT2D eigenvalue weighted by atomic mass is 16.7. The molecule has 0 aromatic rings. The number of nitrogens with zero attached hydrogens (tertiary/aromatic N) is 3. The van der Waals surface area contributed by atoms with Crippen LogP contribution in [0, 0.1) is 0 Å². The molecule has 0 spiro atoms. The van der Waals surface area contributed by atoms with E-state index in [1.165, 1.54) is 11.3 Å². The van der Waals surface area contributed by atoms with Gasteiger partial charge in [0.05, 0.1) is 6.20 Å². The van der Waals surface area contributed by atoms with Crippen LogP contribution in [0.5, 0.6) is 0 Å². The van der Waals surface area contributed by atoms with E-state index < -0.39 is 5.91 Å². The third-order valence-electron chi connectivity index (χ3n) is 1.43. The van der Waals surface area contributed by atoms with Crippen molar-refractivity contribution in [3.8, 4) is 0 Å². The molecule has 6 nitrogen and oxygen atoms in total. The normalized spacial score (nSPS) is 18.6. The molecule has 6 heteroatoms. The second-order valence-corrected chi connectivity index (χ2v) is 2.32. The zero-order valence-electron chi connectivity index (χ0n) is 6.54. The van der Waals surface area contributed by atoms with E-state index in [2.05, 4.69) is 9.98 Å². The highest BCUT2D eigenvalue weighted by Gasteiger charge is 2.20. The molecule has 0 fully saturated rings. The summed E-state index contributed by atoms with van der Waals surface area (Å²) >= 11 is 0. The monoisotopic (exact) mass is 178 g/mol. The summed E-state index contributed by atoms with van der Waals surface area (Å²) in [5.41, 5.74) is 5.00. The Bertz CT molecular complexity index is 367. The average Bonchev–Trinajstić information content (AvgIpc) is 2.17. The summed E-state index contributed by atoms with van der Waals surface area (Å²) in [6, 6.07) is 0. The van der Waals surface area contributed by atoms with Crippen LogP contribution in [0.3, 0.4) is 0 Å². The summed E-state index contributed by atoms with van der Waals surface area (Å²) in [4.78, 5) is 23.5. The molecule has 0 saturated carbocycles. The smallest absolute Gasteiger partial charge is 0.288 e. The zero-order valence-corrected chi connectivity index (χ0v) is 6.54. The van der Waals surface area contributed by atoms with Gasteiger partial charge in [-0.15, -0.1) is 5.06 Å². The topological polar surface area (TPSA) is 80.3 Å². The molecule has 2 aliphatic rings. The lowest BCUT2D eigenvalue weighted by molar-refractivity contribution is -0.123. The van der Waals surface area contributed by atoms with Gasteiger partial charge in [-0.1, -0.05) is 0 Å². The fourth-order valence-electron chi connectivity index (χ4n) is 0.866. The number of hydrogen-bond donors (Lipinski definition) is 1. The number of carbonyl (C=O) groups is 1. The standard InChI is InChI=1S/C7H6N4O2/c8-6(12)5-4-10-7-9-2-1-3-11(7)13-5/h1-4H,(H2,8,12). The van der Waals surface area contributed by atoms with Crippen LogP contribution in [0.4, 0.5) is 0 Å². The average molecular weight is 178 g/mol. The van der Waals surface area contributed by atoms with Crippen molar-refractivity contribution in [1.82, 2.24) is 5.06 Å². The molecule has 0 aliphatic carbocycles. The number of guanidine groups is 1. The number of carbonyl (C=O) groups excluding carboxylic acids is 1. The third kappa shape index (κ3) is 1.28. The number of nitrogens with two attached hydrogens (primary N) is 1. The molecule has 2 N–H and O–H groups in total. The van der Waals surface area contributed by atoms with Crippen LogP contribution in [0.1, 0.15) is 0 Å². The number of rotatable bonds is 1. The van der Waals surface area contributed by atoms with Gasteiger partial charge in [-0.25, -0.2) is 9.98 Å². The zero-order chi connectivity index (χ0) is 9.26. The van der Waals surface area contributed by atoms with Crippen molar-refractivity contribution >= 4 is 18.1 Å². The van der Waals surface area contributed by atoms with Crippen LogP contribution >= 0.6 is 0 Å². The maximum atomic E-state index is 10.7. The van der Waals surface area contributed by atoms with E-state index in [4.69, 9.17) is 10.6 Å². The summed E-state index contributed by atoms with van der Waals surface area (Å²) in [6.07, 6.45) is 6.05. The molecule has 0 aromatic heterocycles. The Kier molecular flexibility index (Phi) is 1.59. The summed E-state index contributed by atoms with van der Waals surface area (Å²) in [5.74, 6) is -0.302. The number of amides is 1. The van der Waals surface area contributed by atoms with E-state index in [0.29, 0.717) is 5.96 Å². The Morgan fingerprint density at radius 3 is 3.23 bits per heavy atom. The van der Waals surface area contributed by atoms with Crippen LogP contribution in [0.25, 0.3) is 0 Å². The summed E-state index contributed by atoms with van der Waals surface area (Å²) in [7, 11) is 0. The van der Waals surface area contributed by atoms with Crippen molar-refractivity contribution in [3.05, 3.63) is 24.2 Å². The van der Waals surface area contributed by atoms with Gasteiger partial charge < -0.3 is 10.6 Å². The lowest BCUT2D eigenvalue weighted by atomic mass is 10.5. The Morgan fingerprint density at radius 1 is 1.62 bits per heavy atom. The van der Waals surface area contributed by atoms with Crippen LogP contribution in [0.15, 0.2) is 34.2 Å². The molecule has 66 valence electrons. The molecule has 0 atom stereocenters. The second-order valence-electron chi connectivity index (χ2n) is 2.32. The number of hydroxylamine groups is 2. The first-order valence-electron chi connectivity index (χ1n) is 3.53. The van der Waals surface area contributed by atoms with E-state index in [1.807, 2.05) is 0 Å². The first kappa shape index (κ1) is 7.53. The maximum absolute atomic E-state index is 10.7. The largest absolute Gasteiger partial charge is 0.365 e. The molecular weight excluding hydrogens is 172 g/mol. The van der Waals surface area contributed by atoms with Crippen molar-refractivity contribution in [2.75, 3.05) is 0 Å². The highest BCUT2D eigenvalue weighted by molar-refractivity contribution is 5.96. The lowest BCUT2D eigenvalue weighted by Crippen LogP contribution is -2.32. The van der Waals surface area contributed by atoms with Gasteiger partial charge in [0.2, 0.25) is 5.76 Å². The summed E-state index contributed by atoms with van der Waals surface area (Å²) in [5, 5.41) is 1.26. The van der Waals surface area contributed by atoms with E-state index in [1.54, 1.807) is 18.5 Å². The van der Waals surface area contributed by atoms with Crippen molar-refractivity contribution < 1.29 is 9.63 Å². The molecule has 2 heterocycles. The van der Waals surface area contributed by atoms with Crippen molar-refractivity contribution in [1.29, 1.82) is 0 Å². The highest BCUT2D eigenvalue weighted by Crippen LogP contribution is 2.12. The van der Waals surface area contributed by atoms with E-state index in [0.717, 1.165) is 0 Å². The minimum atomic E-state index is -0.661. The van der Waals surface area contributed by atoms with Gasteiger partial charge in [0.25, 0.3) is 11.9 Å². The van der Waals surface area contributed by atoms with Gasteiger partial charge in [0, 0.05) is 12.4 Å². The van der Waals surface area contributed by atoms with Crippen LogP contribution < -0.4 is 5.73 Å². The predicted octanol–water partition coefficient (Wildman–Crippen LogP) is -0.486. The number of primary amides is 1. The molecule has 2 rings (SSSR count). The van der Waals surface area contributed by atoms with Gasteiger partial charge in [-0.3, -0.25) is 4.79 Å². The minimum absolute atomic E-state index is 0.00880. The van der Waals surface area contributed by atoms with Crippen molar-refractivity contribution in [2.45, 2.75) is 0 Å². The number of fused-ring (bicyclic) bond motifs is 1.